The highest BCUT2D eigenvalue weighted by molar-refractivity contribution is 5.73. The van der Waals surface area contributed by atoms with E-state index in [0.717, 1.165) is 22.5 Å². The van der Waals surface area contributed by atoms with Crippen LogP contribution in [-0.2, 0) is 16.0 Å². The van der Waals surface area contributed by atoms with Crippen LogP contribution in [-0.4, -0.2) is 22.4 Å². The van der Waals surface area contributed by atoms with Gasteiger partial charge in [0.05, 0.1) is 24.4 Å². The molecule has 0 aliphatic heterocycles. The van der Waals surface area contributed by atoms with Gasteiger partial charge in [-0.1, -0.05) is 42.5 Å². The van der Waals surface area contributed by atoms with Crippen LogP contribution in [0.1, 0.15) is 12.5 Å². The zero-order valence-corrected chi connectivity index (χ0v) is 13.5. The lowest BCUT2D eigenvalue weighted by Crippen LogP contribution is -2.08. The summed E-state index contributed by atoms with van der Waals surface area (Å²) in [5.74, 6) is 0.301. The number of nitrogen functional groups attached to an aromatic ring is 1. The zero-order valence-electron chi connectivity index (χ0n) is 13.5. The van der Waals surface area contributed by atoms with Crippen molar-refractivity contribution in [3.63, 3.8) is 0 Å². The Morgan fingerprint density at radius 3 is 2.67 bits per heavy atom. The van der Waals surface area contributed by atoms with Crippen LogP contribution in [0.5, 0.6) is 0 Å². The summed E-state index contributed by atoms with van der Waals surface area (Å²) < 4.78 is 6.67. The molecule has 2 aromatic carbocycles. The smallest absolute Gasteiger partial charge is 0.310 e. The van der Waals surface area contributed by atoms with Crippen LogP contribution in [0.2, 0.25) is 0 Å². The average Bonchev–Trinajstić information content (AvgIpc) is 2.98. The number of ether oxygens (including phenoxy) is 1. The normalized spacial score (nSPS) is 10.5. The van der Waals surface area contributed by atoms with Gasteiger partial charge in [-0.05, 0) is 24.6 Å². The number of hydrogen-bond acceptors (Lipinski definition) is 4. The summed E-state index contributed by atoms with van der Waals surface area (Å²) in [7, 11) is 0. The quantitative estimate of drug-likeness (QED) is 0.733. The van der Waals surface area contributed by atoms with Gasteiger partial charge in [0.15, 0.2) is 0 Å². The third kappa shape index (κ3) is 3.46. The SMILES string of the molecule is CCOC(=O)Cc1cccc(-n2nc(-c3ccccc3)cc2N)c1. The van der Waals surface area contributed by atoms with Crippen LogP contribution in [0.4, 0.5) is 5.82 Å². The molecule has 0 saturated heterocycles. The predicted octanol–water partition coefficient (Wildman–Crippen LogP) is 3.23. The van der Waals surface area contributed by atoms with Gasteiger partial charge in [-0.3, -0.25) is 4.79 Å². The summed E-state index contributed by atoms with van der Waals surface area (Å²) in [4.78, 5) is 11.6. The van der Waals surface area contributed by atoms with Crippen molar-refractivity contribution in [1.82, 2.24) is 9.78 Å². The van der Waals surface area contributed by atoms with E-state index in [0.29, 0.717) is 12.4 Å². The molecule has 0 aliphatic rings. The molecule has 0 radical (unpaired) electrons. The van der Waals surface area contributed by atoms with Crippen molar-refractivity contribution >= 4 is 11.8 Å². The Hall–Kier alpha value is -3.08. The highest BCUT2D eigenvalue weighted by Gasteiger charge is 2.10. The fourth-order valence-corrected chi connectivity index (χ4v) is 2.53. The average molecular weight is 321 g/mol. The van der Waals surface area contributed by atoms with Crippen molar-refractivity contribution in [2.24, 2.45) is 0 Å². The summed E-state index contributed by atoms with van der Waals surface area (Å²) in [6, 6.07) is 19.3. The van der Waals surface area contributed by atoms with Crippen molar-refractivity contribution in [3.8, 4) is 16.9 Å². The minimum atomic E-state index is -0.243. The zero-order chi connectivity index (χ0) is 16.9. The number of esters is 1. The van der Waals surface area contributed by atoms with Gasteiger partial charge < -0.3 is 10.5 Å². The maximum atomic E-state index is 11.6. The van der Waals surface area contributed by atoms with Crippen LogP contribution in [0, 0.1) is 0 Å². The number of nitrogens with zero attached hydrogens (tertiary/aromatic N) is 2. The Balaban J connectivity index is 1.89. The Kier molecular flexibility index (Phi) is 4.61. The first-order chi connectivity index (χ1) is 11.7. The molecule has 0 amide bonds. The van der Waals surface area contributed by atoms with Crippen molar-refractivity contribution < 1.29 is 9.53 Å². The van der Waals surface area contributed by atoms with E-state index in [1.165, 1.54) is 0 Å². The molecular formula is C19H19N3O2. The second kappa shape index (κ2) is 7.00. The molecule has 0 saturated carbocycles. The first-order valence-corrected chi connectivity index (χ1v) is 7.83. The van der Waals surface area contributed by atoms with Crippen LogP contribution in [0.25, 0.3) is 16.9 Å². The van der Waals surface area contributed by atoms with Crippen molar-refractivity contribution in [2.75, 3.05) is 12.3 Å². The molecule has 1 heterocycles. The second-order valence-corrected chi connectivity index (χ2v) is 5.38. The number of benzene rings is 2. The Bertz CT molecular complexity index is 841. The third-order valence-corrected chi connectivity index (χ3v) is 3.62. The molecule has 2 N–H and O–H groups in total. The largest absolute Gasteiger partial charge is 0.466 e. The molecule has 0 unspecified atom stereocenters. The Morgan fingerprint density at radius 1 is 1.12 bits per heavy atom. The molecule has 0 aliphatic carbocycles. The molecule has 5 heteroatoms. The number of carbonyl (C=O) groups excluding carboxylic acids is 1. The maximum absolute atomic E-state index is 11.6. The molecule has 1 aromatic heterocycles. The fourth-order valence-electron chi connectivity index (χ4n) is 2.53. The first-order valence-electron chi connectivity index (χ1n) is 7.83. The lowest BCUT2D eigenvalue weighted by atomic mass is 10.1. The van der Waals surface area contributed by atoms with Gasteiger partial charge in [-0.15, -0.1) is 0 Å². The van der Waals surface area contributed by atoms with E-state index in [1.807, 2.05) is 60.7 Å². The minimum absolute atomic E-state index is 0.231. The summed E-state index contributed by atoms with van der Waals surface area (Å²) in [5, 5.41) is 4.58. The van der Waals surface area contributed by atoms with Gasteiger partial charge in [0.2, 0.25) is 0 Å². The predicted molar refractivity (Wildman–Crippen MR) is 93.7 cm³/mol. The number of nitrogens with two attached hydrogens (primary N) is 1. The van der Waals surface area contributed by atoms with E-state index in [9.17, 15) is 4.79 Å². The molecule has 0 spiro atoms. The van der Waals surface area contributed by atoms with Gasteiger partial charge in [-0.2, -0.15) is 5.10 Å². The molecule has 3 rings (SSSR count). The van der Waals surface area contributed by atoms with E-state index in [2.05, 4.69) is 5.10 Å². The second-order valence-electron chi connectivity index (χ2n) is 5.38. The summed E-state index contributed by atoms with van der Waals surface area (Å²) in [5.41, 5.74) is 9.61. The molecule has 0 atom stereocenters. The van der Waals surface area contributed by atoms with Gasteiger partial charge >= 0.3 is 5.97 Å². The molecule has 5 nitrogen and oxygen atoms in total. The molecule has 0 bridgehead atoms. The fraction of sp³-hybridized carbons (Fsp3) is 0.158. The topological polar surface area (TPSA) is 70.1 Å². The lowest BCUT2D eigenvalue weighted by molar-refractivity contribution is -0.142. The number of rotatable bonds is 5. The molecule has 24 heavy (non-hydrogen) atoms. The lowest BCUT2D eigenvalue weighted by Gasteiger charge is -2.07. The highest BCUT2D eigenvalue weighted by atomic mass is 16.5. The summed E-state index contributed by atoms with van der Waals surface area (Å²) >= 11 is 0. The van der Waals surface area contributed by atoms with Crippen LogP contribution in [0.3, 0.4) is 0 Å². The molecule has 122 valence electrons. The summed E-state index contributed by atoms with van der Waals surface area (Å²) in [6.45, 7) is 2.18. The van der Waals surface area contributed by atoms with E-state index in [-0.39, 0.29) is 12.4 Å². The highest BCUT2D eigenvalue weighted by Crippen LogP contribution is 2.23. The van der Waals surface area contributed by atoms with Gasteiger partial charge in [0, 0.05) is 11.6 Å². The standard InChI is InChI=1S/C19H19N3O2/c1-2-24-19(23)12-14-7-6-10-16(11-14)22-18(20)13-17(21-22)15-8-4-3-5-9-15/h3-11,13H,2,12,20H2,1H3. The summed E-state index contributed by atoms with van der Waals surface area (Å²) in [6.07, 6.45) is 0.231. The van der Waals surface area contributed by atoms with Gasteiger partial charge in [-0.25, -0.2) is 4.68 Å². The monoisotopic (exact) mass is 321 g/mol. The van der Waals surface area contributed by atoms with Crippen molar-refractivity contribution in [3.05, 3.63) is 66.2 Å². The molecule has 0 fully saturated rings. The van der Waals surface area contributed by atoms with Gasteiger partial charge in [0.1, 0.15) is 5.82 Å². The Morgan fingerprint density at radius 2 is 1.92 bits per heavy atom. The van der Waals surface area contributed by atoms with Crippen LogP contribution >= 0.6 is 0 Å². The molecule has 3 aromatic rings. The van der Waals surface area contributed by atoms with Crippen LogP contribution in [0.15, 0.2) is 60.7 Å². The first kappa shape index (κ1) is 15.8. The number of hydrogen-bond donors (Lipinski definition) is 1. The number of carbonyl (C=O) groups is 1. The van der Waals surface area contributed by atoms with Crippen LogP contribution < -0.4 is 5.73 Å². The van der Waals surface area contributed by atoms with Crippen molar-refractivity contribution in [2.45, 2.75) is 13.3 Å². The minimum Gasteiger partial charge on any atom is -0.466 e. The van der Waals surface area contributed by atoms with E-state index >= 15 is 0 Å². The number of aromatic nitrogens is 2. The molecular weight excluding hydrogens is 302 g/mol. The number of anilines is 1. The van der Waals surface area contributed by atoms with E-state index < -0.39 is 0 Å². The van der Waals surface area contributed by atoms with Gasteiger partial charge in [0.25, 0.3) is 0 Å². The van der Waals surface area contributed by atoms with Crippen molar-refractivity contribution in [1.29, 1.82) is 0 Å². The van der Waals surface area contributed by atoms with E-state index in [4.69, 9.17) is 10.5 Å². The third-order valence-electron chi connectivity index (χ3n) is 3.62. The maximum Gasteiger partial charge on any atom is 0.310 e. The van der Waals surface area contributed by atoms with E-state index in [1.54, 1.807) is 11.6 Å². The Labute approximate surface area is 140 Å².